The maximum absolute atomic E-state index is 13.0. The van der Waals surface area contributed by atoms with E-state index in [1.54, 1.807) is 4.57 Å². The van der Waals surface area contributed by atoms with Crippen molar-refractivity contribution in [2.24, 2.45) is 5.92 Å². The van der Waals surface area contributed by atoms with Crippen molar-refractivity contribution < 1.29 is 4.79 Å². The molecule has 3 aromatic rings. The number of aromatic nitrogens is 4. The number of hydrogen-bond acceptors (Lipinski definition) is 4. The van der Waals surface area contributed by atoms with Crippen molar-refractivity contribution in [3.05, 3.63) is 62.6 Å². The summed E-state index contributed by atoms with van der Waals surface area (Å²) in [5, 5.41) is 3.19. The third-order valence-corrected chi connectivity index (χ3v) is 6.26. The molecule has 1 amide bonds. The van der Waals surface area contributed by atoms with Gasteiger partial charge in [0.15, 0.2) is 11.2 Å². The van der Waals surface area contributed by atoms with E-state index in [4.69, 9.17) is 4.98 Å². The van der Waals surface area contributed by atoms with Gasteiger partial charge in [-0.1, -0.05) is 70.9 Å². The Morgan fingerprint density at radius 3 is 2.31 bits per heavy atom. The second-order valence-corrected chi connectivity index (χ2v) is 9.63. The Hall–Kier alpha value is -3.16. The minimum absolute atomic E-state index is 0.0501. The van der Waals surface area contributed by atoms with Gasteiger partial charge in [0.2, 0.25) is 5.91 Å². The number of carbonyl (C=O) groups excluding carboxylic acids is 1. The Labute approximate surface area is 206 Å². The molecule has 0 fully saturated rings. The average molecular weight is 482 g/mol. The van der Waals surface area contributed by atoms with E-state index in [-0.39, 0.29) is 18.4 Å². The highest BCUT2D eigenvalue weighted by molar-refractivity contribution is 5.77. The molecular formula is C27H39N5O3. The van der Waals surface area contributed by atoms with E-state index in [0.29, 0.717) is 42.4 Å². The molecule has 0 aliphatic carbocycles. The first-order valence-corrected chi connectivity index (χ1v) is 12.9. The zero-order valence-corrected chi connectivity index (χ0v) is 21.5. The predicted molar refractivity (Wildman–Crippen MR) is 140 cm³/mol. The lowest BCUT2D eigenvalue weighted by Gasteiger charge is -2.21. The summed E-state index contributed by atoms with van der Waals surface area (Å²) in [5.74, 6) is 1.06. The number of benzene rings is 1. The highest BCUT2D eigenvalue weighted by Gasteiger charge is 2.20. The monoisotopic (exact) mass is 481 g/mol. The zero-order valence-electron chi connectivity index (χ0n) is 21.5. The Kier molecular flexibility index (Phi) is 9.46. The Balaban J connectivity index is 1.86. The van der Waals surface area contributed by atoms with Crippen molar-refractivity contribution in [2.75, 3.05) is 0 Å². The van der Waals surface area contributed by atoms with Crippen LogP contribution in [0.5, 0.6) is 0 Å². The van der Waals surface area contributed by atoms with Crippen LogP contribution in [-0.2, 0) is 24.3 Å². The molecule has 35 heavy (non-hydrogen) atoms. The molecule has 0 saturated heterocycles. The maximum atomic E-state index is 13.0. The van der Waals surface area contributed by atoms with Crippen LogP contribution in [0.3, 0.4) is 0 Å². The summed E-state index contributed by atoms with van der Waals surface area (Å²) >= 11 is 0. The van der Waals surface area contributed by atoms with Gasteiger partial charge in [-0.05, 0) is 30.7 Å². The molecule has 0 saturated carbocycles. The molecule has 0 radical (unpaired) electrons. The molecule has 8 nitrogen and oxygen atoms in total. The lowest BCUT2D eigenvalue weighted by Crippen LogP contribution is -2.31. The van der Waals surface area contributed by atoms with Gasteiger partial charge >= 0.3 is 5.69 Å². The highest BCUT2D eigenvalue weighted by Crippen LogP contribution is 2.22. The summed E-state index contributed by atoms with van der Waals surface area (Å²) in [6, 6.07) is 9.98. The van der Waals surface area contributed by atoms with Crippen LogP contribution >= 0.6 is 0 Å². The van der Waals surface area contributed by atoms with Crippen LogP contribution in [0.2, 0.25) is 0 Å². The first kappa shape index (κ1) is 26.4. The van der Waals surface area contributed by atoms with Gasteiger partial charge in [-0.25, -0.2) is 9.78 Å². The van der Waals surface area contributed by atoms with E-state index in [1.165, 1.54) is 0 Å². The van der Waals surface area contributed by atoms with Crippen molar-refractivity contribution in [3.8, 4) is 0 Å². The van der Waals surface area contributed by atoms with Gasteiger partial charge in [0.05, 0.1) is 6.04 Å². The number of aromatic amines is 1. The van der Waals surface area contributed by atoms with E-state index in [0.717, 1.165) is 37.7 Å². The minimum atomic E-state index is -0.431. The van der Waals surface area contributed by atoms with Gasteiger partial charge in [0.25, 0.3) is 5.56 Å². The largest absolute Gasteiger partial charge is 0.349 e. The molecule has 8 heteroatoms. The summed E-state index contributed by atoms with van der Waals surface area (Å²) in [7, 11) is 0. The summed E-state index contributed by atoms with van der Waals surface area (Å²) in [6.45, 7) is 9.56. The van der Waals surface area contributed by atoms with Crippen LogP contribution in [0.1, 0.15) is 83.6 Å². The normalized spacial score (nSPS) is 12.4. The molecule has 1 aromatic carbocycles. The fourth-order valence-corrected chi connectivity index (χ4v) is 4.42. The van der Waals surface area contributed by atoms with Crippen molar-refractivity contribution >= 4 is 17.1 Å². The molecule has 3 rings (SSSR count). The van der Waals surface area contributed by atoms with Gasteiger partial charge in [-0.2, -0.15) is 0 Å². The van der Waals surface area contributed by atoms with Crippen molar-refractivity contribution in [3.63, 3.8) is 0 Å². The summed E-state index contributed by atoms with van der Waals surface area (Å²) in [4.78, 5) is 45.4. The number of carbonyl (C=O) groups is 1. The number of aryl methyl sites for hydroxylation is 3. The molecule has 0 spiro atoms. The molecule has 190 valence electrons. The fourth-order valence-electron chi connectivity index (χ4n) is 4.42. The van der Waals surface area contributed by atoms with Crippen molar-refractivity contribution in [1.29, 1.82) is 0 Å². The molecule has 0 aliphatic rings. The standard InChI is InChI=1S/C27H39N5O3/c1-5-7-16-31-22(29-25-24(31)26(34)30-27(35)32(25)17-8-6-2)14-15-23(33)28-21(18-19(3)4)20-12-10-9-11-13-20/h9-13,19,21H,5-8,14-18H2,1-4H3,(H,28,33)(H,30,34,35). The molecule has 2 N–H and O–H groups in total. The highest BCUT2D eigenvalue weighted by atomic mass is 16.2. The third-order valence-electron chi connectivity index (χ3n) is 6.26. The Bertz CT molecular complexity index is 1220. The second-order valence-electron chi connectivity index (χ2n) is 9.63. The summed E-state index contributed by atoms with van der Waals surface area (Å²) in [5.41, 5.74) is 1.08. The number of H-pyrrole nitrogens is 1. The van der Waals surface area contributed by atoms with Gasteiger partial charge in [0, 0.05) is 25.9 Å². The topological polar surface area (TPSA) is 102 Å². The van der Waals surface area contributed by atoms with E-state index >= 15 is 0 Å². The van der Waals surface area contributed by atoms with E-state index in [2.05, 4.69) is 38.0 Å². The summed E-state index contributed by atoms with van der Waals surface area (Å²) in [6.07, 6.45) is 5.09. The zero-order chi connectivity index (χ0) is 25.4. The van der Waals surface area contributed by atoms with E-state index in [9.17, 15) is 14.4 Å². The van der Waals surface area contributed by atoms with Gasteiger partial charge < -0.3 is 9.88 Å². The molecule has 0 bridgehead atoms. The number of amides is 1. The Morgan fingerprint density at radius 1 is 1.03 bits per heavy atom. The lowest BCUT2D eigenvalue weighted by molar-refractivity contribution is -0.121. The van der Waals surface area contributed by atoms with Crippen LogP contribution < -0.4 is 16.6 Å². The first-order valence-electron chi connectivity index (χ1n) is 12.9. The number of unbranched alkanes of at least 4 members (excludes halogenated alkanes) is 2. The average Bonchev–Trinajstić information content (AvgIpc) is 3.19. The molecule has 1 atom stereocenters. The maximum Gasteiger partial charge on any atom is 0.330 e. The first-order chi connectivity index (χ1) is 16.8. The number of nitrogens with one attached hydrogen (secondary N) is 2. The number of nitrogens with zero attached hydrogens (tertiary/aromatic N) is 3. The molecule has 1 unspecified atom stereocenters. The van der Waals surface area contributed by atoms with Gasteiger partial charge in [-0.15, -0.1) is 0 Å². The van der Waals surface area contributed by atoms with Crippen LogP contribution in [0.15, 0.2) is 39.9 Å². The summed E-state index contributed by atoms with van der Waals surface area (Å²) < 4.78 is 3.45. The van der Waals surface area contributed by atoms with E-state index < -0.39 is 11.2 Å². The van der Waals surface area contributed by atoms with Crippen LogP contribution in [0.4, 0.5) is 0 Å². The fraction of sp³-hybridized carbons (Fsp3) is 0.556. The molecular weight excluding hydrogens is 442 g/mol. The number of hydrogen-bond donors (Lipinski definition) is 2. The lowest BCUT2D eigenvalue weighted by atomic mass is 9.97. The van der Waals surface area contributed by atoms with Gasteiger partial charge in [0.1, 0.15) is 5.82 Å². The predicted octanol–water partition coefficient (Wildman–Crippen LogP) is 4.32. The number of fused-ring (bicyclic) bond motifs is 1. The van der Waals surface area contributed by atoms with E-state index in [1.807, 2.05) is 34.9 Å². The smallest absolute Gasteiger partial charge is 0.330 e. The van der Waals surface area contributed by atoms with Gasteiger partial charge in [-0.3, -0.25) is 19.1 Å². The number of rotatable bonds is 13. The molecule has 0 aliphatic heterocycles. The molecule has 2 heterocycles. The van der Waals surface area contributed by atoms with Crippen LogP contribution in [-0.4, -0.2) is 25.0 Å². The third kappa shape index (κ3) is 6.71. The van der Waals surface area contributed by atoms with Crippen molar-refractivity contribution in [1.82, 2.24) is 24.4 Å². The van der Waals surface area contributed by atoms with Crippen molar-refractivity contribution in [2.45, 2.75) is 91.8 Å². The minimum Gasteiger partial charge on any atom is -0.349 e. The Morgan fingerprint density at radius 2 is 1.69 bits per heavy atom. The number of imidazole rings is 1. The quantitative estimate of drug-likeness (QED) is 0.379. The molecule has 2 aromatic heterocycles. The SMILES string of the molecule is CCCCn1c(CCC(=O)NC(CC(C)C)c2ccccc2)nc2c1c(=O)[nH]c(=O)n2CCCC. The van der Waals surface area contributed by atoms with Crippen LogP contribution in [0, 0.1) is 5.92 Å². The van der Waals surface area contributed by atoms with Crippen LogP contribution in [0.25, 0.3) is 11.2 Å². The second kappa shape index (κ2) is 12.5.